The number of ether oxygens (including phenoxy) is 2. The number of hydrogen-bond acceptors (Lipinski definition) is 3. The van der Waals surface area contributed by atoms with E-state index in [0.29, 0.717) is 12.6 Å². The van der Waals surface area contributed by atoms with Gasteiger partial charge < -0.3 is 14.8 Å². The summed E-state index contributed by atoms with van der Waals surface area (Å²) in [4.78, 5) is 0. The highest BCUT2D eigenvalue weighted by molar-refractivity contribution is 5.39. The van der Waals surface area contributed by atoms with Crippen LogP contribution in [0.2, 0.25) is 0 Å². The zero-order chi connectivity index (χ0) is 12.5. The normalized spacial score (nSPS) is 12.2. The van der Waals surface area contributed by atoms with Gasteiger partial charge in [-0.3, -0.25) is 0 Å². The van der Waals surface area contributed by atoms with E-state index in [2.05, 4.69) is 19.2 Å². The Morgan fingerprint density at radius 2 is 1.76 bits per heavy atom. The van der Waals surface area contributed by atoms with Crippen LogP contribution in [0.5, 0.6) is 11.5 Å². The predicted molar refractivity (Wildman–Crippen MR) is 70.9 cm³/mol. The third kappa shape index (κ3) is 4.65. The summed E-state index contributed by atoms with van der Waals surface area (Å²) >= 11 is 0. The predicted octanol–water partition coefficient (Wildman–Crippen LogP) is 2.85. The van der Waals surface area contributed by atoms with E-state index in [-0.39, 0.29) is 0 Å². The Bertz CT molecular complexity index is 311. The van der Waals surface area contributed by atoms with Gasteiger partial charge in [0.2, 0.25) is 0 Å². The molecule has 0 amide bonds. The highest BCUT2D eigenvalue weighted by Crippen LogP contribution is 2.26. The molecule has 17 heavy (non-hydrogen) atoms. The van der Waals surface area contributed by atoms with E-state index in [0.717, 1.165) is 30.9 Å². The molecular weight excluding hydrogens is 214 g/mol. The molecule has 0 heterocycles. The molecule has 0 radical (unpaired) electrons. The number of rotatable bonds is 8. The van der Waals surface area contributed by atoms with Crippen molar-refractivity contribution in [2.24, 2.45) is 0 Å². The van der Waals surface area contributed by atoms with Crippen molar-refractivity contribution in [3.05, 3.63) is 24.3 Å². The second-order valence-corrected chi connectivity index (χ2v) is 4.00. The average molecular weight is 237 g/mol. The van der Waals surface area contributed by atoms with Gasteiger partial charge in [-0.15, -0.1) is 0 Å². The summed E-state index contributed by atoms with van der Waals surface area (Å²) in [6.07, 6.45) is 2.05. The van der Waals surface area contributed by atoms with Crippen LogP contribution in [0.25, 0.3) is 0 Å². The lowest BCUT2D eigenvalue weighted by atomic mass is 10.2. The third-order valence-corrected chi connectivity index (χ3v) is 2.65. The van der Waals surface area contributed by atoms with Gasteiger partial charge in [0.1, 0.15) is 6.61 Å². The van der Waals surface area contributed by atoms with Gasteiger partial charge in [0.25, 0.3) is 0 Å². The van der Waals surface area contributed by atoms with E-state index in [1.165, 1.54) is 0 Å². The van der Waals surface area contributed by atoms with Crippen LogP contribution >= 0.6 is 0 Å². The minimum absolute atomic E-state index is 0.384. The van der Waals surface area contributed by atoms with Gasteiger partial charge in [-0.2, -0.15) is 0 Å². The van der Waals surface area contributed by atoms with E-state index in [1.807, 2.05) is 31.3 Å². The fourth-order valence-corrected chi connectivity index (χ4v) is 1.50. The zero-order valence-electron chi connectivity index (χ0n) is 11.0. The smallest absolute Gasteiger partial charge is 0.161 e. The molecule has 0 aliphatic heterocycles. The fraction of sp³-hybridized carbons (Fsp3) is 0.571. The summed E-state index contributed by atoms with van der Waals surface area (Å²) in [7, 11) is 1.96. The molecule has 0 aliphatic rings. The van der Waals surface area contributed by atoms with E-state index in [1.54, 1.807) is 0 Å². The molecule has 0 spiro atoms. The van der Waals surface area contributed by atoms with Gasteiger partial charge in [0.15, 0.2) is 11.5 Å². The fourth-order valence-electron chi connectivity index (χ4n) is 1.50. The molecule has 1 aromatic rings. The van der Waals surface area contributed by atoms with E-state index in [4.69, 9.17) is 9.47 Å². The van der Waals surface area contributed by atoms with Crippen molar-refractivity contribution >= 4 is 0 Å². The van der Waals surface area contributed by atoms with Crippen molar-refractivity contribution in [1.29, 1.82) is 0 Å². The van der Waals surface area contributed by atoms with Crippen molar-refractivity contribution in [2.45, 2.75) is 32.7 Å². The van der Waals surface area contributed by atoms with Crippen LogP contribution < -0.4 is 14.8 Å². The summed E-state index contributed by atoms with van der Waals surface area (Å²) in [5.74, 6) is 1.66. The number of nitrogens with one attached hydrogen (secondary N) is 1. The SMILES string of the molecule is CCCOc1ccccc1OCC(CC)NC. The highest BCUT2D eigenvalue weighted by atomic mass is 16.5. The first kappa shape index (κ1) is 13.8. The molecule has 3 heteroatoms. The Morgan fingerprint density at radius 3 is 2.29 bits per heavy atom. The number of benzene rings is 1. The van der Waals surface area contributed by atoms with E-state index in [9.17, 15) is 0 Å². The minimum atomic E-state index is 0.384. The molecule has 1 N–H and O–H groups in total. The molecule has 0 saturated heterocycles. The Kier molecular flexibility index (Phi) is 6.48. The minimum Gasteiger partial charge on any atom is -0.490 e. The number of para-hydroxylation sites is 2. The molecule has 1 aromatic carbocycles. The summed E-state index contributed by atoms with van der Waals surface area (Å²) < 4.78 is 11.4. The lowest BCUT2D eigenvalue weighted by molar-refractivity contribution is 0.242. The van der Waals surface area contributed by atoms with Gasteiger partial charge >= 0.3 is 0 Å². The Labute approximate surface area is 104 Å². The first-order valence-electron chi connectivity index (χ1n) is 6.33. The van der Waals surface area contributed by atoms with Crippen molar-refractivity contribution < 1.29 is 9.47 Å². The zero-order valence-corrected chi connectivity index (χ0v) is 11.0. The molecule has 0 saturated carbocycles. The van der Waals surface area contributed by atoms with Crippen LogP contribution in [0.4, 0.5) is 0 Å². The molecule has 3 nitrogen and oxygen atoms in total. The second-order valence-electron chi connectivity index (χ2n) is 4.00. The molecule has 1 rings (SSSR count). The lowest BCUT2D eigenvalue weighted by Crippen LogP contribution is -2.30. The summed E-state index contributed by atoms with van der Waals surface area (Å²) in [6.45, 7) is 5.63. The molecule has 0 fully saturated rings. The van der Waals surface area contributed by atoms with Crippen LogP contribution in [-0.4, -0.2) is 26.3 Å². The van der Waals surface area contributed by atoms with Crippen molar-refractivity contribution in [3.63, 3.8) is 0 Å². The van der Waals surface area contributed by atoms with Crippen LogP contribution in [0, 0.1) is 0 Å². The maximum atomic E-state index is 5.79. The summed E-state index contributed by atoms with van der Waals surface area (Å²) in [5.41, 5.74) is 0. The third-order valence-electron chi connectivity index (χ3n) is 2.65. The van der Waals surface area contributed by atoms with Crippen LogP contribution in [0.1, 0.15) is 26.7 Å². The molecule has 96 valence electrons. The van der Waals surface area contributed by atoms with Crippen molar-refractivity contribution in [1.82, 2.24) is 5.32 Å². The van der Waals surface area contributed by atoms with Crippen molar-refractivity contribution in [3.8, 4) is 11.5 Å². The maximum Gasteiger partial charge on any atom is 0.161 e. The van der Waals surface area contributed by atoms with Gasteiger partial charge in [-0.05, 0) is 32.0 Å². The Morgan fingerprint density at radius 1 is 1.12 bits per heavy atom. The Balaban J connectivity index is 2.56. The number of likely N-dealkylation sites (N-methyl/N-ethyl adjacent to an activating group) is 1. The van der Waals surface area contributed by atoms with E-state index >= 15 is 0 Å². The van der Waals surface area contributed by atoms with E-state index < -0.39 is 0 Å². The van der Waals surface area contributed by atoms with Crippen LogP contribution in [0.15, 0.2) is 24.3 Å². The van der Waals surface area contributed by atoms with Crippen LogP contribution in [0.3, 0.4) is 0 Å². The largest absolute Gasteiger partial charge is 0.490 e. The maximum absolute atomic E-state index is 5.79. The summed E-state index contributed by atoms with van der Waals surface area (Å²) in [6, 6.07) is 8.22. The Hall–Kier alpha value is -1.22. The lowest BCUT2D eigenvalue weighted by Gasteiger charge is -2.17. The van der Waals surface area contributed by atoms with Gasteiger partial charge in [0, 0.05) is 6.04 Å². The van der Waals surface area contributed by atoms with Crippen molar-refractivity contribution in [2.75, 3.05) is 20.3 Å². The topological polar surface area (TPSA) is 30.5 Å². The molecule has 0 aromatic heterocycles. The van der Waals surface area contributed by atoms with Gasteiger partial charge in [0.05, 0.1) is 6.61 Å². The van der Waals surface area contributed by atoms with Gasteiger partial charge in [-0.1, -0.05) is 26.0 Å². The first-order chi connectivity index (χ1) is 8.31. The van der Waals surface area contributed by atoms with Crippen LogP contribution in [-0.2, 0) is 0 Å². The monoisotopic (exact) mass is 237 g/mol. The molecule has 1 atom stereocenters. The second kappa shape index (κ2) is 7.96. The molecule has 0 bridgehead atoms. The molecule has 1 unspecified atom stereocenters. The first-order valence-corrected chi connectivity index (χ1v) is 6.33. The molecular formula is C14H23NO2. The number of hydrogen-bond donors (Lipinski definition) is 1. The van der Waals surface area contributed by atoms with Gasteiger partial charge in [-0.25, -0.2) is 0 Å². The highest BCUT2D eigenvalue weighted by Gasteiger charge is 2.07. The quantitative estimate of drug-likeness (QED) is 0.754. The standard InChI is InChI=1S/C14H23NO2/c1-4-10-16-13-8-6-7-9-14(13)17-11-12(5-2)15-3/h6-9,12,15H,4-5,10-11H2,1-3H3. The average Bonchev–Trinajstić information content (AvgIpc) is 2.38. The summed E-state index contributed by atoms with van der Waals surface area (Å²) in [5, 5.41) is 3.22. The molecule has 0 aliphatic carbocycles.